The summed E-state index contributed by atoms with van der Waals surface area (Å²) in [6, 6.07) is 6.89. The SMILES string of the molecule is CC1=C(S(=O)(=O)c2ccc(C)cc2)CC(C#N)NC(=O)N1. The third kappa shape index (κ3) is 3.06. The van der Waals surface area contributed by atoms with Gasteiger partial charge in [0, 0.05) is 12.1 Å². The lowest BCUT2D eigenvalue weighted by Gasteiger charge is -2.12. The van der Waals surface area contributed by atoms with Crippen molar-refractivity contribution in [2.24, 2.45) is 0 Å². The molecule has 0 aromatic heterocycles. The Kier molecular flexibility index (Phi) is 4.00. The normalized spacial score (nSPS) is 19.3. The average molecular weight is 305 g/mol. The van der Waals surface area contributed by atoms with E-state index in [9.17, 15) is 13.2 Å². The van der Waals surface area contributed by atoms with Gasteiger partial charge < -0.3 is 10.6 Å². The van der Waals surface area contributed by atoms with Gasteiger partial charge in [-0.1, -0.05) is 17.7 Å². The van der Waals surface area contributed by atoms with Crippen molar-refractivity contribution in [2.75, 3.05) is 0 Å². The zero-order valence-electron chi connectivity index (χ0n) is 11.7. The number of amides is 2. The zero-order valence-corrected chi connectivity index (χ0v) is 12.5. The summed E-state index contributed by atoms with van der Waals surface area (Å²) in [5, 5.41) is 13.8. The number of allylic oxidation sites excluding steroid dienone is 1. The molecule has 2 N–H and O–H groups in total. The molecule has 0 saturated heterocycles. The molecule has 1 aromatic carbocycles. The highest BCUT2D eigenvalue weighted by atomic mass is 32.2. The van der Waals surface area contributed by atoms with Crippen LogP contribution in [-0.2, 0) is 9.84 Å². The number of carbonyl (C=O) groups excluding carboxylic acids is 1. The summed E-state index contributed by atoms with van der Waals surface area (Å²) < 4.78 is 25.4. The molecule has 1 aromatic rings. The fourth-order valence-electron chi connectivity index (χ4n) is 2.07. The van der Waals surface area contributed by atoms with E-state index in [1.807, 2.05) is 13.0 Å². The second-order valence-electron chi connectivity index (χ2n) is 4.85. The molecule has 0 fully saturated rings. The largest absolute Gasteiger partial charge is 0.322 e. The van der Waals surface area contributed by atoms with E-state index in [1.165, 1.54) is 19.1 Å². The lowest BCUT2D eigenvalue weighted by atomic mass is 10.2. The Balaban J connectivity index is 2.51. The predicted octanol–water partition coefficient (Wildman–Crippen LogP) is 1.60. The maximum Gasteiger partial charge on any atom is 0.320 e. The van der Waals surface area contributed by atoms with Crippen molar-refractivity contribution >= 4 is 15.9 Å². The molecule has 0 saturated carbocycles. The van der Waals surface area contributed by atoms with Crippen molar-refractivity contribution in [1.29, 1.82) is 5.26 Å². The van der Waals surface area contributed by atoms with Crippen LogP contribution in [0.3, 0.4) is 0 Å². The van der Waals surface area contributed by atoms with E-state index in [4.69, 9.17) is 5.26 Å². The number of nitriles is 1. The number of carbonyl (C=O) groups is 1. The van der Waals surface area contributed by atoms with Crippen molar-refractivity contribution < 1.29 is 13.2 Å². The molecule has 1 aliphatic heterocycles. The van der Waals surface area contributed by atoms with Gasteiger partial charge in [-0.15, -0.1) is 0 Å². The Labute approximate surface area is 123 Å². The molecule has 1 unspecified atom stereocenters. The molecule has 2 rings (SSSR count). The van der Waals surface area contributed by atoms with Crippen molar-refractivity contribution in [3.8, 4) is 6.07 Å². The number of nitrogens with one attached hydrogen (secondary N) is 2. The van der Waals surface area contributed by atoms with Gasteiger partial charge in [0.05, 0.1) is 15.9 Å². The maximum absolute atomic E-state index is 12.7. The van der Waals surface area contributed by atoms with Gasteiger partial charge in [0.15, 0.2) is 0 Å². The molecular formula is C14H15N3O3S. The molecule has 1 heterocycles. The lowest BCUT2D eigenvalue weighted by molar-refractivity contribution is 0.242. The van der Waals surface area contributed by atoms with Gasteiger partial charge in [-0.25, -0.2) is 13.2 Å². The van der Waals surface area contributed by atoms with Crippen LogP contribution >= 0.6 is 0 Å². The second kappa shape index (κ2) is 5.58. The molecule has 1 aliphatic rings. The van der Waals surface area contributed by atoms with Crippen LogP contribution in [-0.4, -0.2) is 20.5 Å². The zero-order chi connectivity index (χ0) is 15.6. The van der Waals surface area contributed by atoms with Crippen molar-refractivity contribution in [3.63, 3.8) is 0 Å². The molecule has 2 amide bonds. The van der Waals surface area contributed by atoms with E-state index < -0.39 is 21.9 Å². The minimum atomic E-state index is -3.74. The number of hydrogen-bond donors (Lipinski definition) is 2. The van der Waals surface area contributed by atoms with E-state index in [-0.39, 0.29) is 21.9 Å². The van der Waals surface area contributed by atoms with Crippen LogP contribution in [0.25, 0.3) is 0 Å². The summed E-state index contributed by atoms with van der Waals surface area (Å²) in [7, 11) is -3.74. The highest BCUT2D eigenvalue weighted by molar-refractivity contribution is 7.95. The molecule has 0 spiro atoms. The monoisotopic (exact) mass is 305 g/mol. The number of sulfone groups is 1. The van der Waals surface area contributed by atoms with Gasteiger partial charge in [-0.05, 0) is 26.0 Å². The summed E-state index contributed by atoms with van der Waals surface area (Å²) in [6.45, 7) is 3.38. The quantitative estimate of drug-likeness (QED) is 0.866. The smallest absolute Gasteiger partial charge is 0.320 e. The first-order valence-electron chi connectivity index (χ1n) is 6.33. The molecule has 1 atom stereocenters. The highest BCUT2D eigenvalue weighted by Gasteiger charge is 2.29. The fraction of sp³-hybridized carbons (Fsp3) is 0.286. The molecule has 6 nitrogen and oxygen atoms in total. The van der Waals surface area contributed by atoms with Crippen LogP contribution in [0.15, 0.2) is 39.8 Å². The Morgan fingerprint density at radius 2 is 1.86 bits per heavy atom. The van der Waals surface area contributed by atoms with E-state index in [0.29, 0.717) is 0 Å². The number of nitrogens with zero attached hydrogens (tertiary/aromatic N) is 1. The van der Waals surface area contributed by atoms with Crippen molar-refractivity contribution in [2.45, 2.75) is 31.2 Å². The molecular weight excluding hydrogens is 290 g/mol. The Morgan fingerprint density at radius 1 is 1.24 bits per heavy atom. The summed E-state index contributed by atoms with van der Waals surface area (Å²) in [5.41, 5.74) is 1.19. The van der Waals surface area contributed by atoms with Gasteiger partial charge in [0.25, 0.3) is 0 Å². The molecule has 7 heteroatoms. The first kappa shape index (κ1) is 15.1. The number of hydrogen-bond acceptors (Lipinski definition) is 4. The molecule has 110 valence electrons. The van der Waals surface area contributed by atoms with Crippen molar-refractivity contribution in [3.05, 3.63) is 40.4 Å². The lowest BCUT2D eigenvalue weighted by Crippen LogP contribution is -2.38. The summed E-state index contributed by atoms with van der Waals surface area (Å²) in [5.74, 6) is 0. The van der Waals surface area contributed by atoms with Gasteiger partial charge in [-0.2, -0.15) is 5.26 Å². The Morgan fingerprint density at radius 3 is 2.43 bits per heavy atom. The highest BCUT2D eigenvalue weighted by Crippen LogP contribution is 2.26. The minimum Gasteiger partial charge on any atom is -0.322 e. The molecule has 0 bridgehead atoms. The number of benzene rings is 1. The standard InChI is InChI=1S/C14H15N3O3S/c1-9-3-5-12(6-4-9)21(19,20)13-7-11(8-15)17-14(18)16-10(13)2/h3-6,11H,7H2,1-2H3,(H2,16,17,18). The number of urea groups is 1. The van der Waals surface area contributed by atoms with Gasteiger partial charge in [0.1, 0.15) is 6.04 Å². The van der Waals surface area contributed by atoms with Crippen LogP contribution < -0.4 is 10.6 Å². The summed E-state index contributed by atoms with van der Waals surface area (Å²) >= 11 is 0. The predicted molar refractivity (Wildman–Crippen MR) is 76.8 cm³/mol. The van der Waals surface area contributed by atoms with E-state index in [2.05, 4.69) is 10.6 Å². The van der Waals surface area contributed by atoms with Crippen LogP contribution in [0.5, 0.6) is 0 Å². The maximum atomic E-state index is 12.7. The van der Waals surface area contributed by atoms with E-state index >= 15 is 0 Å². The van der Waals surface area contributed by atoms with Gasteiger partial charge in [-0.3, -0.25) is 0 Å². The summed E-state index contributed by atoms with van der Waals surface area (Å²) in [4.78, 5) is 11.7. The summed E-state index contributed by atoms with van der Waals surface area (Å²) in [6.07, 6.45) is -0.0583. The molecule has 21 heavy (non-hydrogen) atoms. The third-order valence-electron chi connectivity index (χ3n) is 3.23. The average Bonchev–Trinajstić information content (AvgIpc) is 2.57. The first-order valence-corrected chi connectivity index (χ1v) is 7.81. The topological polar surface area (TPSA) is 99.1 Å². The van der Waals surface area contributed by atoms with Crippen LogP contribution in [0.1, 0.15) is 18.9 Å². The van der Waals surface area contributed by atoms with Gasteiger partial charge >= 0.3 is 6.03 Å². The Hall–Kier alpha value is -2.33. The second-order valence-corrected chi connectivity index (χ2v) is 6.82. The van der Waals surface area contributed by atoms with E-state index in [1.54, 1.807) is 12.1 Å². The first-order chi connectivity index (χ1) is 9.84. The van der Waals surface area contributed by atoms with Crippen molar-refractivity contribution in [1.82, 2.24) is 10.6 Å². The number of aryl methyl sites for hydroxylation is 1. The van der Waals surface area contributed by atoms with Gasteiger partial charge in [0.2, 0.25) is 9.84 Å². The Bertz CT molecular complexity index is 743. The van der Waals surface area contributed by atoms with Crippen LogP contribution in [0.4, 0.5) is 4.79 Å². The number of rotatable bonds is 2. The fourth-order valence-corrected chi connectivity index (χ4v) is 3.69. The molecule has 0 radical (unpaired) electrons. The third-order valence-corrected chi connectivity index (χ3v) is 5.24. The van der Waals surface area contributed by atoms with Crippen LogP contribution in [0, 0.1) is 18.3 Å². The van der Waals surface area contributed by atoms with Crippen LogP contribution in [0.2, 0.25) is 0 Å². The molecule has 0 aliphatic carbocycles. The minimum absolute atomic E-state index is 0.0521. The van der Waals surface area contributed by atoms with E-state index in [0.717, 1.165) is 5.56 Å².